The summed E-state index contributed by atoms with van der Waals surface area (Å²) in [6, 6.07) is 16.5. The first-order chi connectivity index (χ1) is 8.78. The molecular weight excluding hydrogens is 288 g/mol. The first-order valence-corrected chi connectivity index (χ1v) is 6.63. The zero-order chi connectivity index (χ0) is 12.5. The number of fused-ring (bicyclic) bond motifs is 1. The molecule has 0 saturated carbocycles. The van der Waals surface area contributed by atoms with Gasteiger partial charge in [0, 0.05) is 22.4 Å². The van der Waals surface area contributed by atoms with E-state index in [2.05, 4.69) is 57.2 Å². The lowest BCUT2D eigenvalue weighted by atomic mass is 10.1. The lowest BCUT2D eigenvalue weighted by molar-refractivity contribution is 0.997. The van der Waals surface area contributed by atoms with E-state index in [1.807, 2.05) is 12.1 Å². The van der Waals surface area contributed by atoms with E-state index in [1.165, 1.54) is 11.3 Å². The number of nitrogens with zero attached hydrogens (tertiary/aromatic N) is 2. The van der Waals surface area contributed by atoms with E-state index in [-0.39, 0.29) is 0 Å². The van der Waals surface area contributed by atoms with Crippen molar-refractivity contribution < 1.29 is 0 Å². The Bertz CT molecular complexity index is 643. The van der Waals surface area contributed by atoms with Gasteiger partial charge in [-0.3, -0.25) is 0 Å². The molecule has 3 rings (SSSR count). The molecule has 0 fully saturated rings. The van der Waals surface area contributed by atoms with Gasteiger partial charge in [0.1, 0.15) is 0 Å². The standard InChI is InChI=1S/C15H11BrN2/c16-13-7-11(10-17)8-14(9-13)18-6-5-12-3-1-2-4-15(12)18/h1-4,7-9H,5-6H2. The van der Waals surface area contributed by atoms with E-state index in [9.17, 15) is 0 Å². The summed E-state index contributed by atoms with van der Waals surface area (Å²) in [5.41, 5.74) is 4.38. The van der Waals surface area contributed by atoms with Gasteiger partial charge in [0.15, 0.2) is 0 Å². The van der Waals surface area contributed by atoms with Gasteiger partial charge in [0.05, 0.1) is 11.6 Å². The number of rotatable bonds is 1. The number of anilines is 2. The van der Waals surface area contributed by atoms with Crippen molar-refractivity contribution in [2.24, 2.45) is 0 Å². The molecule has 3 heteroatoms. The summed E-state index contributed by atoms with van der Waals surface area (Å²) in [4.78, 5) is 2.26. The fraction of sp³-hybridized carbons (Fsp3) is 0.133. The predicted molar refractivity (Wildman–Crippen MR) is 76.0 cm³/mol. The lowest BCUT2D eigenvalue weighted by Crippen LogP contribution is -2.13. The van der Waals surface area contributed by atoms with Gasteiger partial charge in [0.25, 0.3) is 0 Å². The molecule has 2 nitrogen and oxygen atoms in total. The third-order valence-corrected chi connectivity index (χ3v) is 3.67. The summed E-state index contributed by atoms with van der Waals surface area (Å²) in [6.45, 7) is 0.973. The molecule has 0 aromatic heterocycles. The minimum absolute atomic E-state index is 0.684. The van der Waals surface area contributed by atoms with Crippen molar-refractivity contribution >= 4 is 27.3 Å². The monoisotopic (exact) mass is 298 g/mol. The number of benzene rings is 2. The van der Waals surface area contributed by atoms with Crippen LogP contribution in [0.5, 0.6) is 0 Å². The van der Waals surface area contributed by atoms with Gasteiger partial charge >= 0.3 is 0 Å². The Kier molecular flexibility index (Phi) is 2.81. The van der Waals surface area contributed by atoms with Crippen LogP contribution in [0.3, 0.4) is 0 Å². The van der Waals surface area contributed by atoms with Crippen molar-refractivity contribution in [1.29, 1.82) is 5.26 Å². The van der Waals surface area contributed by atoms with Gasteiger partial charge in [-0.15, -0.1) is 0 Å². The van der Waals surface area contributed by atoms with Gasteiger partial charge in [-0.25, -0.2) is 0 Å². The average molecular weight is 299 g/mol. The molecule has 0 atom stereocenters. The number of para-hydroxylation sites is 1. The van der Waals surface area contributed by atoms with E-state index in [4.69, 9.17) is 5.26 Å². The van der Waals surface area contributed by atoms with Crippen molar-refractivity contribution in [1.82, 2.24) is 0 Å². The van der Waals surface area contributed by atoms with Gasteiger partial charge in [-0.2, -0.15) is 5.26 Å². The predicted octanol–water partition coefficient (Wildman–Crippen LogP) is 4.01. The molecule has 1 aliphatic heterocycles. The van der Waals surface area contributed by atoms with Crippen LogP contribution < -0.4 is 4.90 Å². The van der Waals surface area contributed by atoms with Crippen LogP contribution in [0.4, 0.5) is 11.4 Å². The molecule has 2 aromatic rings. The fourth-order valence-electron chi connectivity index (χ4n) is 2.40. The molecule has 0 amide bonds. The summed E-state index contributed by atoms with van der Waals surface area (Å²) in [6.07, 6.45) is 1.06. The molecule has 0 unspecified atom stereocenters. The van der Waals surface area contributed by atoms with Gasteiger partial charge < -0.3 is 4.90 Å². The lowest BCUT2D eigenvalue weighted by Gasteiger charge is -2.20. The van der Waals surface area contributed by atoms with E-state index >= 15 is 0 Å². The van der Waals surface area contributed by atoms with Crippen LogP contribution in [-0.4, -0.2) is 6.54 Å². The number of hydrogen-bond donors (Lipinski definition) is 0. The topological polar surface area (TPSA) is 27.0 Å². The number of hydrogen-bond acceptors (Lipinski definition) is 2. The summed E-state index contributed by atoms with van der Waals surface area (Å²) >= 11 is 3.46. The molecule has 0 bridgehead atoms. The maximum absolute atomic E-state index is 9.04. The minimum atomic E-state index is 0.684. The first-order valence-electron chi connectivity index (χ1n) is 5.84. The average Bonchev–Trinajstić information content (AvgIpc) is 2.81. The molecule has 1 heterocycles. The Balaban J connectivity index is 2.08. The van der Waals surface area contributed by atoms with Crippen LogP contribution in [0.1, 0.15) is 11.1 Å². The van der Waals surface area contributed by atoms with Crippen molar-refractivity contribution in [3.8, 4) is 6.07 Å². The molecule has 0 spiro atoms. The van der Waals surface area contributed by atoms with E-state index < -0.39 is 0 Å². The molecule has 88 valence electrons. The highest BCUT2D eigenvalue weighted by atomic mass is 79.9. The number of halogens is 1. The Morgan fingerprint density at radius 2 is 2.00 bits per heavy atom. The Hall–Kier alpha value is -1.79. The fourth-order valence-corrected chi connectivity index (χ4v) is 2.88. The second-order valence-corrected chi connectivity index (χ2v) is 5.26. The van der Waals surface area contributed by atoms with Crippen molar-refractivity contribution in [3.05, 3.63) is 58.1 Å². The van der Waals surface area contributed by atoms with Crippen molar-refractivity contribution in [3.63, 3.8) is 0 Å². The van der Waals surface area contributed by atoms with E-state index in [0.717, 1.165) is 23.1 Å². The van der Waals surface area contributed by atoms with Gasteiger partial charge in [-0.05, 0) is 36.2 Å². The highest BCUT2D eigenvalue weighted by Gasteiger charge is 2.20. The molecule has 0 radical (unpaired) electrons. The Labute approximate surface area is 115 Å². The van der Waals surface area contributed by atoms with E-state index in [1.54, 1.807) is 0 Å². The minimum Gasteiger partial charge on any atom is -0.341 e. The van der Waals surface area contributed by atoms with Gasteiger partial charge in [-0.1, -0.05) is 34.1 Å². The first kappa shape index (κ1) is 11.3. The third-order valence-electron chi connectivity index (χ3n) is 3.21. The smallest absolute Gasteiger partial charge is 0.0992 e. The summed E-state index contributed by atoms with van der Waals surface area (Å²) in [7, 11) is 0. The van der Waals surface area contributed by atoms with E-state index in [0.29, 0.717) is 5.56 Å². The Morgan fingerprint density at radius 1 is 1.17 bits per heavy atom. The SMILES string of the molecule is N#Cc1cc(Br)cc(N2CCc3ccccc32)c1. The van der Waals surface area contributed by atoms with Crippen LogP contribution in [0.25, 0.3) is 0 Å². The maximum Gasteiger partial charge on any atom is 0.0992 e. The van der Waals surface area contributed by atoms with Crippen LogP contribution in [0, 0.1) is 11.3 Å². The largest absolute Gasteiger partial charge is 0.341 e. The van der Waals surface area contributed by atoms with Crippen LogP contribution in [-0.2, 0) is 6.42 Å². The maximum atomic E-state index is 9.04. The zero-order valence-corrected chi connectivity index (χ0v) is 11.3. The molecule has 1 aliphatic rings. The molecule has 2 aromatic carbocycles. The second-order valence-electron chi connectivity index (χ2n) is 4.34. The van der Waals surface area contributed by atoms with Gasteiger partial charge in [0.2, 0.25) is 0 Å². The zero-order valence-electron chi connectivity index (χ0n) is 9.73. The molecule has 0 saturated heterocycles. The highest BCUT2D eigenvalue weighted by molar-refractivity contribution is 9.10. The third kappa shape index (κ3) is 1.89. The summed E-state index contributed by atoms with van der Waals surface area (Å²) < 4.78 is 0.945. The molecule has 0 N–H and O–H groups in total. The highest BCUT2D eigenvalue weighted by Crippen LogP contribution is 2.35. The summed E-state index contributed by atoms with van der Waals surface area (Å²) in [5, 5.41) is 9.04. The number of nitriles is 1. The van der Waals surface area contributed by atoms with Crippen LogP contribution >= 0.6 is 15.9 Å². The van der Waals surface area contributed by atoms with Crippen molar-refractivity contribution in [2.75, 3.05) is 11.4 Å². The molecule has 18 heavy (non-hydrogen) atoms. The summed E-state index contributed by atoms with van der Waals surface area (Å²) in [5.74, 6) is 0. The normalized spacial score (nSPS) is 13.2. The molecule has 0 aliphatic carbocycles. The second kappa shape index (κ2) is 4.47. The van der Waals surface area contributed by atoms with Crippen molar-refractivity contribution in [2.45, 2.75) is 6.42 Å². The van der Waals surface area contributed by atoms with Crippen LogP contribution in [0.2, 0.25) is 0 Å². The Morgan fingerprint density at radius 3 is 2.83 bits per heavy atom. The quantitative estimate of drug-likeness (QED) is 0.795. The molecular formula is C15H11BrN2. The van der Waals surface area contributed by atoms with Crippen LogP contribution in [0.15, 0.2) is 46.9 Å².